The second-order valence-corrected chi connectivity index (χ2v) is 10.4. The predicted molar refractivity (Wildman–Crippen MR) is 144 cm³/mol. The summed E-state index contributed by atoms with van der Waals surface area (Å²) < 4.78 is 5.45. The number of anilines is 2. The molecule has 3 aromatic rings. The summed E-state index contributed by atoms with van der Waals surface area (Å²) in [5.41, 5.74) is 7.09. The van der Waals surface area contributed by atoms with Crippen molar-refractivity contribution in [3.8, 4) is 0 Å². The van der Waals surface area contributed by atoms with Crippen LogP contribution in [0, 0.1) is 0 Å². The van der Waals surface area contributed by atoms with E-state index in [4.69, 9.17) is 4.74 Å². The summed E-state index contributed by atoms with van der Waals surface area (Å²) in [6, 6.07) is 26.0. The van der Waals surface area contributed by atoms with Crippen LogP contribution in [0.1, 0.15) is 68.7 Å². The molecule has 5 rings (SSSR count). The Labute approximate surface area is 209 Å². The van der Waals surface area contributed by atoms with E-state index in [1.807, 2.05) is 0 Å². The molecule has 0 radical (unpaired) electrons. The molecule has 4 heteroatoms. The number of amides is 1. The zero-order valence-electron chi connectivity index (χ0n) is 21.1. The lowest BCUT2D eigenvalue weighted by molar-refractivity contribution is 0.160. The Bertz CT molecular complexity index is 1110. The highest BCUT2D eigenvalue weighted by Gasteiger charge is 2.45. The first-order valence-electron chi connectivity index (χ1n) is 12.9. The Hall–Kier alpha value is -3.27. The van der Waals surface area contributed by atoms with Gasteiger partial charge < -0.3 is 9.64 Å². The highest BCUT2D eigenvalue weighted by Crippen LogP contribution is 2.54. The third kappa shape index (κ3) is 4.20. The Morgan fingerprint density at radius 2 is 1.40 bits per heavy atom. The first kappa shape index (κ1) is 23.5. The quantitative estimate of drug-likeness (QED) is 0.387. The van der Waals surface area contributed by atoms with Crippen LogP contribution in [-0.2, 0) is 15.6 Å². The molecule has 2 aliphatic rings. The lowest BCUT2D eigenvalue weighted by Gasteiger charge is -2.50. The van der Waals surface area contributed by atoms with Crippen LogP contribution in [-0.4, -0.2) is 25.8 Å². The van der Waals surface area contributed by atoms with Gasteiger partial charge in [-0.2, -0.15) is 0 Å². The van der Waals surface area contributed by atoms with Crippen LogP contribution in [0.15, 0.2) is 72.8 Å². The van der Waals surface area contributed by atoms with E-state index in [-0.39, 0.29) is 16.9 Å². The third-order valence-electron chi connectivity index (χ3n) is 8.18. The van der Waals surface area contributed by atoms with Crippen molar-refractivity contribution in [3.05, 3.63) is 95.1 Å². The highest BCUT2D eigenvalue weighted by molar-refractivity contribution is 5.87. The maximum atomic E-state index is 12.7. The van der Waals surface area contributed by atoms with Gasteiger partial charge in [0.1, 0.15) is 0 Å². The van der Waals surface area contributed by atoms with Gasteiger partial charge in [-0.1, -0.05) is 87.9 Å². The Kier molecular flexibility index (Phi) is 6.31. The minimum absolute atomic E-state index is 0.138. The number of benzene rings is 3. The average molecular weight is 469 g/mol. The lowest BCUT2D eigenvalue weighted by Crippen LogP contribution is -2.47. The molecule has 2 unspecified atom stereocenters. The zero-order valence-corrected chi connectivity index (χ0v) is 21.1. The molecule has 0 spiro atoms. The molecule has 0 bridgehead atoms. The van der Waals surface area contributed by atoms with Gasteiger partial charge in [0.15, 0.2) is 0 Å². The smallest absolute Gasteiger partial charge is 0.411 e. The summed E-state index contributed by atoms with van der Waals surface area (Å²) in [7, 11) is 0. The second kappa shape index (κ2) is 9.41. The van der Waals surface area contributed by atoms with Crippen molar-refractivity contribution in [2.75, 3.05) is 29.9 Å². The van der Waals surface area contributed by atoms with Crippen LogP contribution in [0.25, 0.3) is 0 Å². The normalized spacial score (nSPS) is 22.9. The first-order valence-corrected chi connectivity index (χ1v) is 12.9. The van der Waals surface area contributed by atoms with Crippen LogP contribution in [0.3, 0.4) is 0 Å². The maximum Gasteiger partial charge on any atom is 0.411 e. The average Bonchev–Trinajstić information content (AvgIpc) is 2.89. The molecule has 0 fully saturated rings. The second-order valence-electron chi connectivity index (χ2n) is 10.4. The van der Waals surface area contributed by atoms with Gasteiger partial charge in [0.25, 0.3) is 0 Å². The number of nitrogens with one attached hydrogen (secondary N) is 1. The Morgan fingerprint density at radius 1 is 0.886 bits per heavy atom. The fourth-order valence-corrected chi connectivity index (χ4v) is 5.89. The van der Waals surface area contributed by atoms with Crippen molar-refractivity contribution in [2.45, 2.75) is 57.3 Å². The van der Waals surface area contributed by atoms with E-state index < -0.39 is 0 Å². The molecule has 0 saturated heterocycles. The number of ether oxygens (including phenoxy) is 1. The molecule has 2 atom stereocenters. The van der Waals surface area contributed by atoms with Crippen LogP contribution in [0.4, 0.5) is 16.2 Å². The first-order chi connectivity index (χ1) is 17.0. The van der Waals surface area contributed by atoms with Crippen LogP contribution in [0.5, 0.6) is 0 Å². The van der Waals surface area contributed by atoms with E-state index in [0.717, 1.165) is 44.5 Å². The molecule has 182 valence electrons. The largest absolute Gasteiger partial charge is 0.449 e. The van der Waals surface area contributed by atoms with Crippen LogP contribution >= 0.6 is 0 Å². The van der Waals surface area contributed by atoms with Gasteiger partial charge in [-0.05, 0) is 53.6 Å². The number of unbranched alkanes of at least 4 members (excludes halogenated alkanes) is 1. The Morgan fingerprint density at radius 3 is 1.89 bits per heavy atom. The summed E-state index contributed by atoms with van der Waals surface area (Å²) in [6.07, 6.45) is 3.57. The Balaban J connectivity index is 1.66. The molecule has 0 saturated carbocycles. The molecule has 2 heterocycles. The topological polar surface area (TPSA) is 41.6 Å². The van der Waals surface area contributed by atoms with Gasteiger partial charge in [0, 0.05) is 35.3 Å². The molecule has 4 nitrogen and oxygen atoms in total. The molecule has 1 N–H and O–H groups in total. The number of hydrogen-bond donors (Lipinski definition) is 1. The monoisotopic (exact) mass is 468 g/mol. The standard InChI is InChI=1S/C31H36N2O2/c1-4-5-20-35-29(34)32-25-21-26-28-27(22-25)31(3,24-14-10-7-11-15-24)17-19-33(28)18-16-30(26,2)23-12-8-6-9-13-23/h6-15,21-22H,4-5,16-20H2,1-3H3,(H,32,34). The molecule has 1 amide bonds. The van der Waals surface area contributed by atoms with E-state index in [2.05, 4.69) is 104 Å². The predicted octanol–water partition coefficient (Wildman–Crippen LogP) is 7.26. The fourth-order valence-electron chi connectivity index (χ4n) is 5.89. The molecule has 0 aromatic heterocycles. The summed E-state index contributed by atoms with van der Waals surface area (Å²) in [5, 5.41) is 3.06. The summed E-state index contributed by atoms with van der Waals surface area (Å²) >= 11 is 0. The molecule has 35 heavy (non-hydrogen) atoms. The summed E-state index contributed by atoms with van der Waals surface area (Å²) in [4.78, 5) is 15.2. The highest BCUT2D eigenvalue weighted by atomic mass is 16.5. The minimum Gasteiger partial charge on any atom is -0.449 e. The SMILES string of the molecule is CCCCOC(=O)Nc1cc2c3c(c1)C(C)(c1ccccc1)CCN3CCC2(C)c1ccccc1. The van der Waals surface area contributed by atoms with E-state index in [1.165, 1.54) is 27.9 Å². The van der Waals surface area contributed by atoms with Gasteiger partial charge in [-0.15, -0.1) is 0 Å². The minimum atomic E-state index is -0.378. The van der Waals surface area contributed by atoms with Crippen LogP contribution < -0.4 is 10.2 Å². The molecule has 2 aliphatic heterocycles. The lowest BCUT2D eigenvalue weighted by atomic mass is 9.64. The van der Waals surface area contributed by atoms with Gasteiger partial charge in [0.2, 0.25) is 0 Å². The van der Waals surface area contributed by atoms with Crippen LogP contribution in [0.2, 0.25) is 0 Å². The van der Waals surface area contributed by atoms with Crippen molar-refractivity contribution in [2.24, 2.45) is 0 Å². The van der Waals surface area contributed by atoms with Crippen molar-refractivity contribution in [1.29, 1.82) is 0 Å². The van der Waals surface area contributed by atoms with E-state index >= 15 is 0 Å². The zero-order chi connectivity index (χ0) is 24.5. The summed E-state index contributed by atoms with van der Waals surface area (Å²) in [6.45, 7) is 9.30. The maximum absolute atomic E-state index is 12.7. The molecular formula is C31H36N2O2. The third-order valence-corrected chi connectivity index (χ3v) is 8.18. The van der Waals surface area contributed by atoms with Crippen molar-refractivity contribution < 1.29 is 9.53 Å². The van der Waals surface area contributed by atoms with Gasteiger partial charge in [-0.3, -0.25) is 5.32 Å². The molecule has 3 aromatic carbocycles. The van der Waals surface area contributed by atoms with Gasteiger partial charge in [-0.25, -0.2) is 4.79 Å². The number of rotatable bonds is 6. The van der Waals surface area contributed by atoms with E-state index in [1.54, 1.807) is 0 Å². The van der Waals surface area contributed by atoms with Crippen molar-refractivity contribution in [3.63, 3.8) is 0 Å². The number of carbonyl (C=O) groups is 1. The summed E-state index contributed by atoms with van der Waals surface area (Å²) in [5.74, 6) is 0. The molecule has 0 aliphatic carbocycles. The number of nitrogens with zero attached hydrogens (tertiary/aromatic N) is 1. The van der Waals surface area contributed by atoms with Crippen molar-refractivity contribution >= 4 is 17.5 Å². The fraction of sp³-hybridized carbons (Fsp3) is 0.387. The van der Waals surface area contributed by atoms with Gasteiger partial charge >= 0.3 is 6.09 Å². The van der Waals surface area contributed by atoms with E-state index in [0.29, 0.717) is 6.61 Å². The van der Waals surface area contributed by atoms with Gasteiger partial charge in [0.05, 0.1) is 6.61 Å². The number of carbonyl (C=O) groups excluding carboxylic acids is 1. The van der Waals surface area contributed by atoms with E-state index in [9.17, 15) is 4.79 Å². The number of hydrogen-bond acceptors (Lipinski definition) is 3. The molecular weight excluding hydrogens is 432 g/mol. The van der Waals surface area contributed by atoms with Crippen molar-refractivity contribution in [1.82, 2.24) is 0 Å².